The Bertz CT molecular complexity index is 993. The summed E-state index contributed by atoms with van der Waals surface area (Å²) in [6.45, 7) is 6.47. The van der Waals surface area contributed by atoms with Crippen LogP contribution in [0.2, 0.25) is 0 Å². The molecule has 0 aliphatic rings. The Morgan fingerprint density at radius 3 is 2.54 bits per heavy atom. The van der Waals surface area contributed by atoms with Gasteiger partial charge in [-0.05, 0) is 32.4 Å². The van der Waals surface area contributed by atoms with Crippen LogP contribution in [-0.2, 0) is 6.54 Å². The largest absolute Gasteiger partial charge is 0.293 e. The minimum atomic E-state index is -0.325. The number of Topliss-reactive ketones (excluding diaryl/α,β-unsaturated/α-hetero) is 1. The van der Waals surface area contributed by atoms with Crippen molar-refractivity contribution in [1.82, 2.24) is 9.55 Å². The Balaban J connectivity index is 1.96. The van der Waals surface area contributed by atoms with E-state index in [0.29, 0.717) is 28.2 Å². The van der Waals surface area contributed by atoms with Gasteiger partial charge in [-0.1, -0.05) is 60.6 Å². The molecule has 1 atom stereocenters. The molecule has 26 heavy (non-hydrogen) atoms. The van der Waals surface area contributed by atoms with E-state index in [4.69, 9.17) is 0 Å². The molecule has 0 unspecified atom stereocenters. The summed E-state index contributed by atoms with van der Waals surface area (Å²) in [7, 11) is 0. The molecule has 3 aromatic rings. The minimum Gasteiger partial charge on any atom is -0.293 e. The molecule has 3 rings (SSSR count). The van der Waals surface area contributed by atoms with Crippen molar-refractivity contribution in [1.29, 1.82) is 0 Å². The number of benzene rings is 2. The quantitative estimate of drug-likeness (QED) is 0.367. The van der Waals surface area contributed by atoms with Gasteiger partial charge in [0, 0.05) is 12.1 Å². The standard InChI is InChI=1S/C21H22N2O2S/c1-4-13-23-20(25)17-7-5-6-8-18(17)22-21(23)26-15(3)19(24)16-11-9-14(2)10-12-16/h5-12,15H,4,13H2,1-3H3/t15-/m0/s1. The molecular weight excluding hydrogens is 344 g/mol. The molecule has 0 fully saturated rings. The third-order valence-electron chi connectivity index (χ3n) is 4.26. The van der Waals surface area contributed by atoms with Crippen molar-refractivity contribution in [3.05, 3.63) is 70.0 Å². The van der Waals surface area contributed by atoms with Crippen molar-refractivity contribution in [2.24, 2.45) is 0 Å². The monoisotopic (exact) mass is 366 g/mol. The number of hydrogen-bond donors (Lipinski definition) is 0. The fourth-order valence-electron chi connectivity index (χ4n) is 2.82. The van der Waals surface area contributed by atoms with Crippen LogP contribution in [0.1, 0.15) is 36.2 Å². The molecule has 2 aromatic carbocycles. The molecular formula is C21H22N2O2S. The van der Waals surface area contributed by atoms with E-state index in [1.54, 1.807) is 10.6 Å². The van der Waals surface area contributed by atoms with Crippen LogP contribution in [-0.4, -0.2) is 20.6 Å². The molecule has 5 heteroatoms. The lowest BCUT2D eigenvalue weighted by molar-refractivity contribution is 0.0994. The predicted molar refractivity (Wildman–Crippen MR) is 107 cm³/mol. The van der Waals surface area contributed by atoms with Crippen molar-refractivity contribution >= 4 is 28.4 Å². The molecule has 134 valence electrons. The number of thioether (sulfide) groups is 1. The van der Waals surface area contributed by atoms with Gasteiger partial charge in [-0.15, -0.1) is 0 Å². The number of para-hydroxylation sites is 1. The third kappa shape index (κ3) is 3.73. The summed E-state index contributed by atoms with van der Waals surface area (Å²) >= 11 is 1.35. The molecule has 4 nitrogen and oxygen atoms in total. The average Bonchev–Trinajstić information content (AvgIpc) is 2.65. The second-order valence-electron chi connectivity index (χ2n) is 6.36. The van der Waals surface area contributed by atoms with Gasteiger partial charge in [0.1, 0.15) is 0 Å². The summed E-state index contributed by atoms with van der Waals surface area (Å²) in [6, 6.07) is 14.9. The molecule has 0 saturated carbocycles. The molecule has 0 spiro atoms. The number of hydrogen-bond acceptors (Lipinski definition) is 4. The fraction of sp³-hybridized carbons (Fsp3) is 0.286. The average molecular weight is 366 g/mol. The first-order valence-electron chi connectivity index (χ1n) is 8.78. The summed E-state index contributed by atoms with van der Waals surface area (Å²) in [5, 5.41) is 0.889. The van der Waals surface area contributed by atoms with E-state index in [-0.39, 0.29) is 16.6 Å². The molecule has 1 heterocycles. The highest BCUT2D eigenvalue weighted by Gasteiger charge is 2.20. The van der Waals surface area contributed by atoms with E-state index in [9.17, 15) is 9.59 Å². The van der Waals surface area contributed by atoms with Gasteiger partial charge in [-0.25, -0.2) is 4.98 Å². The predicted octanol–water partition coefficient (Wildman–Crippen LogP) is 4.48. The lowest BCUT2D eigenvalue weighted by Gasteiger charge is -2.15. The summed E-state index contributed by atoms with van der Waals surface area (Å²) in [5.74, 6) is 0.0421. The van der Waals surface area contributed by atoms with E-state index < -0.39 is 0 Å². The highest BCUT2D eigenvalue weighted by atomic mass is 32.2. The summed E-state index contributed by atoms with van der Waals surface area (Å²) < 4.78 is 1.69. The van der Waals surface area contributed by atoms with Gasteiger partial charge in [0.25, 0.3) is 5.56 Å². The van der Waals surface area contributed by atoms with Gasteiger partial charge in [0.2, 0.25) is 0 Å². The summed E-state index contributed by atoms with van der Waals surface area (Å²) in [5.41, 5.74) is 2.42. The zero-order valence-electron chi connectivity index (χ0n) is 15.2. The Kier molecular flexibility index (Phi) is 5.57. The molecule has 0 N–H and O–H groups in total. The smallest absolute Gasteiger partial charge is 0.262 e. The SMILES string of the molecule is CCCn1c(S[C@@H](C)C(=O)c2ccc(C)cc2)nc2ccccc2c1=O. The third-order valence-corrected chi connectivity index (χ3v) is 5.35. The minimum absolute atomic E-state index is 0.0421. The number of carbonyl (C=O) groups excluding carboxylic acids is 1. The lowest BCUT2D eigenvalue weighted by atomic mass is 10.1. The zero-order valence-corrected chi connectivity index (χ0v) is 16.0. The van der Waals surface area contributed by atoms with Crippen LogP contribution in [0.4, 0.5) is 0 Å². The number of carbonyl (C=O) groups is 1. The second kappa shape index (κ2) is 7.87. The molecule has 0 radical (unpaired) electrons. The molecule has 0 amide bonds. The van der Waals surface area contributed by atoms with Crippen LogP contribution in [0.25, 0.3) is 10.9 Å². The van der Waals surface area contributed by atoms with E-state index in [1.165, 1.54) is 11.8 Å². The topological polar surface area (TPSA) is 52.0 Å². The number of nitrogens with zero attached hydrogens (tertiary/aromatic N) is 2. The molecule has 0 saturated heterocycles. The van der Waals surface area contributed by atoms with Crippen LogP contribution in [0.5, 0.6) is 0 Å². The normalized spacial score (nSPS) is 12.3. The highest BCUT2D eigenvalue weighted by molar-refractivity contribution is 8.00. The number of aromatic nitrogens is 2. The first-order valence-corrected chi connectivity index (χ1v) is 9.66. The Morgan fingerprint density at radius 2 is 1.85 bits per heavy atom. The van der Waals surface area contributed by atoms with E-state index in [0.717, 1.165) is 12.0 Å². The van der Waals surface area contributed by atoms with Crippen LogP contribution in [0.15, 0.2) is 58.5 Å². The Hall–Kier alpha value is -2.40. The van der Waals surface area contributed by atoms with Crippen molar-refractivity contribution in [3.63, 3.8) is 0 Å². The molecule has 1 aromatic heterocycles. The van der Waals surface area contributed by atoms with Crippen molar-refractivity contribution in [2.45, 2.75) is 44.1 Å². The van der Waals surface area contributed by atoms with Gasteiger partial charge in [0.15, 0.2) is 10.9 Å². The van der Waals surface area contributed by atoms with Gasteiger partial charge in [-0.3, -0.25) is 14.2 Å². The maximum Gasteiger partial charge on any atom is 0.262 e. The van der Waals surface area contributed by atoms with E-state index in [1.807, 2.05) is 63.2 Å². The fourth-order valence-corrected chi connectivity index (χ4v) is 3.83. The van der Waals surface area contributed by atoms with Crippen LogP contribution in [0, 0.1) is 6.92 Å². The first-order chi connectivity index (χ1) is 12.5. The van der Waals surface area contributed by atoms with Gasteiger partial charge >= 0.3 is 0 Å². The Morgan fingerprint density at radius 1 is 1.15 bits per heavy atom. The van der Waals surface area contributed by atoms with Crippen LogP contribution in [0.3, 0.4) is 0 Å². The van der Waals surface area contributed by atoms with Crippen molar-refractivity contribution in [3.8, 4) is 0 Å². The maximum atomic E-state index is 12.8. The summed E-state index contributed by atoms with van der Waals surface area (Å²) in [4.78, 5) is 30.2. The highest BCUT2D eigenvalue weighted by Crippen LogP contribution is 2.25. The molecule has 0 aliphatic carbocycles. The number of rotatable bonds is 6. The molecule has 0 aliphatic heterocycles. The molecule has 0 bridgehead atoms. The number of ketones is 1. The van der Waals surface area contributed by atoms with E-state index >= 15 is 0 Å². The number of aryl methyl sites for hydroxylation is 1. The van der Waals surface area contributed by atoms with Gasteiger partial charge < -0.3 is 0 Å². The van der Waals surface area contributed by atoms with Gasteiger partial charge in [0.05, 0.1) is 16.2 Å². The van der Waals surface area contributed by atoms with E-state index in [2.05, 4.69) is 4.98 Å². The zero-order chi connectivity index (χ0) is 18.7. The van der Waals surface area contributed by atoms with Gasteiger partial charge in [-0.2, -0.15) is 0 Å². The van der Waals surface area contributed by atoms with Crippen LogP contribution >= 0.6 is 11.8 Å². The second-order valence-corrected chi connectivity index (χ2v) is 7.67. The van der Waals surface area contributed by atoms with Crippen molar-refractivity contribution in [2.75, 3.05) is 0 Å². The lowest BCUT2D eigenvalue weighted by Crippen LogP contribution is -2.25. The van der Waals surface area contributed by atoms with Crippen LogP contribution < -0.4 is 5.56 Å². The van der Waals surface area contributed by atoms with Crippen molar-refractivity contribution < 1.29 is 4.79 Å². The summed E-state index contributed by atoms with van der Waals surface area (Å²) in [6.07, 6.45) is 0.827. The first kappa shape index (κ1) is 18.4. The Labute approximate surface area is 157 Å². The number of fused-ring (bicyclic) bond motifs is 1. The maximum absolute atomic E-state index is 12.8.